The minimum atomic E-state index is 0. The standard InChI is InChI=1S/C19H32N4O.HI/c1-4-16(3)22-19(20-5-2)21-15-18(17-9-7-6-8-10-17)23-11-13-24-14-12-23;/h6-10,16,18H,4-5,11-15H2,1-3H3,(H2,20,21,22);1H. The van der Waals surface area contributed by atoms with Crippen LogP contribution in [-0.2, 0) is 4.74 Å². The molecule has 0 aromatic heterocycles. The number of morpholine rings is 1. The lowest BCUT2D eigenvalue weighted by molar-refractivity contribution is 0.0179. The smallest absolute Gasteiger partial charge is 0.191 e. The second-order valence-corrected chi connectivity index (χ2v) is 6.25. The summed E-state index contributed by atoms with van der Waals surface area (Å²) in [7, 11) is 0. The van der Waals surface area contributed by atoms with Crippen molar-refractivity contribution in [2.24, 2.45) is 4.99 Å². The van der Waals surface area contributed by atoms with E-state index in [0.717, 1.165) is 51.8 Å². The number of hydrogen-bond donors (Lipinski definition) is 2. The minimum Gasteiger partial charge on any atom is -0.379 e. The summed E-state index contributed by atoms with van der Waals surface area (Å²) in [5.41, 5.74) is 1.32. The first-order chi connectivity index (χ1) is 11.7. The van der Waals surface area contributed by atoms with Gasteiger partial charge in [-0.2, -0.15) is 0 Å². The Labute approximate surface area is 169 Å². The van der Waals surface area contributed by atoms with Crippen LogP contribution >= 0.6 is 24.0 Å². The Kier molecular flexibility index (Phi) is 11.1. The van der Waals surface area contributed by atoms with Gasteiger partial charge in [-0.05, 0) is 25.8 Å². The molecular formula is C19H33IN4O. The van der Waals surface area contributed by atoms with Crippen molar-refractivity contribution in [1.82, 2.24) is 15.5 Å². The number of nitrogens with zero attached hydrogens (tertiary/aromatic N) is 2. The number of benzene rings is 1. The number of rotatable bonds is 7. The molecule has 1 aliphatic rings. The number of guanidine groups is 1. The average Bonchev–Trinajstić information content (AvgIpc) is 2.63. The number of ether oxygens (including phenoxy) is 1. The van der Waals surface area contributed by atoms with E-state index < -0.39 is 0 Å². The van der Waals surface area contributed by atoms with Crippen molar-refractivity contribution in [3.63, 3.8) is 0 Å². The molecule has 5 nitrogen and oxygen atoms in total. The first-order valence-electron chi connectivity index (χ1n) is 9.16. The molecule has 0 amide bonds. The lowest BCUT2D eigenvalue weighted by atomic mass is 10.0. The molecule has 142 valence electrons. The van der Waals surface area contributed by atoms with E-state index in [9.17, 15) is 0 Å². The monoisotopic (exact) mass is 460 g/mol. The Morgan fingerprint density at radius 2 is 1.88 bits per heavy atom. The third-order valence-electron chi connectivity index (χ3n) is 4.43. The zero-order chi connectivity index (χ0) is 17.2. The van der Waals surface area contributed by atoms with Crippen LogP contribution < -0.4 is 10.6 Å². The number of hydrogen-bond acceptors (Lipinski definition) is 3. The van der Waals surface area contributed by atoms with E-state index in [-0.39, 0.29) is 24.0 Å². The van der Waals surface area contributed by atoms with Crippen molar-refractivity contribution in [2.75, 3.05) is 39.4 Å². The molecule has 1 heterocycles. The van der Waals surface area contributed by atoms with E-state index in [4.69, 9.17) is 9.73 Å². The maximum absolute atomic E-state index is 5.51. The van der Waals surface area contributed by atoms with Gasteiger partial charge in [0.05, 0.1) is 25.8 Å². The van der Waals surface area contributed by atoms with Crippen molar-refractivity contribution in [1.29, 1.82) is 0 Å². The van der Waals surface area contributed by atoms with Crippen LogP contribution in [-0.4, -0.2) is 56.3 Å². The Balaban J connectivity index is 0.00000312. The summed E-state index contributed by atoms with van der Waals surface area (Å²) in [5.74, 6) is 0.904. The highest BCUT2D eigenvalue weighted by Crippen LogP contribution is 2.22. The van der Waals surface area contributed by atoms with Crippen molar-refractivity contribution in [2.45, 2.75) is 39.3 Å². The van der Waals surface area contributed by atoms with E-state index in [1.165, 1.54) is 5.56 Å². The summed E-state index contributed by atoms with van der Waals surface area (Å²) in [6, 6.07) is 11.4. The molecule has 1 aromatic rings. The largest absolute Gasteiger partial charge is 0.379 e. The molecule has 0 spiro atoms. The maximum Gasteiger partial charge on any atom is 0.191 e. The highest BCUT2D eigenvalue weighted by molar-refractivity contribution is 14.0. The summed E-state index contributed by atoms with van der Waals surface area (Å²) in [6.07, 6.45) is 1.08. The molecule has 2 atom stereocenters. The molecule has 0 saturated carbocycles. The molecule has 6 heteroatoms. The molecule has 1 saturated heterocycles. The molecule has 2 rings (SSSR count). The molecule has 0 radical (unpaired) electrons. The first-order valence-corrected chi connectivity index (χ1v) is 9.16. The van der Waals surface area contributed by atoms with Crippen molar-refractivity contribution < 1.29 is 4.74 Å². The Morgan fingerprint density at radius 1 is 1.20 bits per heavy atom. The van der Waals surface area contributed by atoms with E-state index in [1.807, 2.05) is 0 Å². The van der Waals surface area contributed by atoms with Gasteiger partial charge in [0.1, 0.15) is 0 Å². The summed E-state index contributed by atoms with van der Waals surface area (Å²) in [6.45, 7) is 11.6. The van der Waals surface area contributed by atoms with Crippen molar-refractivity contribution in [3.8, 4) is 0 Å². The van der Waals surface area contributed by atoms with Gasteiger partial charge in [-0.15, -0.1) is 24.0 Å². The van der Waals surface area contributed by atoms with Crippen LogP contribution in [0.1, 0.15) is 38.8 Å². The van der Waals surface area contributed by atoms with Gasteiger partial charge in [0.25, 0.3) is 0 Å². The third-order valence-corrected chi connectivity index (χ3v) is 4.43. The predicted octanol–water partition coefficient (Wildman–Crippen LogP) is 3.03. The van der Waals surface area contributed by atoms with E-state index in [0.29, 0.717) is 12.1 Å². The number of nitrogens with one attached hydrogen (secondary N) is 2. The van der Waals surface area contributed by atoms with Gasteiger partial charge in [-0.1, -0.05) is 37.3 Å². The first kappa shape index (κ1) is 22.2. The van der Waals surface area contributed by atoms with E-state index in [1.54, 1.807) is 0 Å². The average molecular weight is 460 g/mol. The Bertz CT molecular complexity index is 491. The van der Waals surface area contributed by atoms with Gasteiger partial charge in [0.2, 0.25) is 0 Å². The van der Waals surface area contributed by atoms with Crippen LogP contribution in [0.5, 0.6) is 0 Å². The van der Waals surface area contributed by atoms with Crippen molar-refractivity contribution >= 4 is 29.9 Å². The molecule has 1 aromatic carbocycles. The second kappa shape index (κ2) is 12.5. The molecule has 0 aliphatic carbocycles. The predicted molar refractivity (Wildman–Crippen MR) is 116 cm³/mol. The molecule has 25 heavy (non-hydrogen) atoms. The third kappa shape index (κ3) is 7.50. The number of halogens is 1. The maximum atomic E-state index is 5.51. The molecule has 2 unspecified atom stereocenters. The second-order valence-electron chi connectivity index (χ2n) is 6.25. The van der Waals surface area contributed by atoms with Crippen LogP contribution in [0.3, 0.4) is 0 Å². The Hall–Kier alpha value is -0.860. The zero-order valence-corrected chi connectivity index (χ0v) is 18.0. The fourth-order valence-corrected chi connectivity index (χ4v) is 2.83. The minimum absolute atomic E-state index is 0. The molecule has 1 aliphatic heterocycles. The highest BCUT2D eigenvalue weighted by atomic mass is 127. The fraction of sp³-hybridized carbons (Fsp3) is 0.632. The van der Waals surface area contributed by atoms with Gasteiger partial charge < -0.3 is 15.4 Å². The zero-order valence-electron chi connectivity index (χ0n) is 15.7. The number of aliphatic imine (C=N–C) groups is 1. The van der Waals surface area contributed by atoms with Gasteiger partial charge in [0.15, 0.2) is 5.96 Å². The SMILES string of the molecule is CCNC(=NCC(c1ccccc1)N1CCOCC1)NC(C)CC.I. The summed E-state index contributed by atoms with van der Waals surface area (Å²) >= 11 is 0. The van der Waals surface area contributed by atoms with E-state index in [2.05, 4.69) is 66.6 Å². The van der Waals surface area contributed by atoms with Gasteiger partial charge >= 0.3 is 0 Å². The van der Waals surface area contributed by atoms with Crippen LogP contribution in [0, 0.1) is 0 Å². The quantitative estimate of drug-likeness (QED) is 0.373. The van der Waals surface area contributed by atoms with Crippen LogP contribution in [0.15, 0.2) is 35.3 Å². The Morgan fingerprint density at radius 3 is 2.48 bits per heavy atom. The molecule has 1 fully saturated rings. The summed E-state index contributed by atoms with van der Waals surface area (Å²) < 4.78 is 5.51. The van der Waals surface area contributed by atoms with E-state index >= 15 is 0 Å². The summed E-state index contributed by atoms with van der Waals surface area (Å²) in [5, 5.41) is 6.83. The van der Waals surface area contributed by atoms with Crippen LogP contribution in [0.25, 0.3) is 0 Å². The fourth-order valence-electron chi connectivity index (χ4n) is 2.83. The highest BCUT2D eigenvalue weighted by Gasteiger charge is 2.22. The van der Waals surface area contributed by atoms with Crippen LogP contribution in [0.4, 0.5) is 0 Å². The molecule has 0 bridgehead atoms. The van der Waals surface area contributed by atoms with Gasteiger partial charge in [-0.25, -0.2) is 0 Å². The summed E-state index contributed by atoms with van der Waals surface area (Å²) in [4.78, 5) is 7.35. The van der Waals surface area contributed by atoms with Gasteiger partial charge in [0, 0.05) is 25.7 Å². The van der Waals surface area contributed by atoms with Crippen LogP contribution in [0.2, 0.25) is 0 Å². The normalized spacial score (nSPS) is 18.1. The molecular weight excluding hydrogens is 427 g/mol. The molecule has 2 N–H and O–H groups in total. The van der Waals surface area contributed by atoms with Gasteiger partial charge in [-0.3, -0.25) is 9.89 Å². The topological polar surface area (TPSA) is 48.9 Å². The lowest BCUT2D eigenvalue weighted by Crippen LogP contribution is -2.43. The lowest BCUT2D eigenvalue weighted by Gasteiger charge is -2.34. The van der Waals surface area contributed by atoms with Crippen molar-refractivity contribution in [3.05, 3.63) is 35.9 Å².